The summed E-state index contributed by atoms with van der Waals surface area (Å²) in [6, 6.07) is 9.92. The predicted molar refractivity (Wildman–Crippen MR) is 62.4 cm³/mol. The zero-order chi connectivity index (χ0) is 12.1. The summed E-state index contributed by atoms with van der Waals surface area (Å²) in [6.45, 7) is 0.832. The molecule has 0 aliphatic carbocycles. The molecule has 0 amide bonds. The number of methoxy groups -OCH3 is 1. The zero-order valence-electron chi connectivity index (χ0n) is 9.65. The summed E-state index contributed by atoms with van der Waals surface area (Å²) in [6.07, 6.45) is 0.866. The summed E-state index contributed by atoms with van der Waals surface area (Å²) in [5, 5.41) is 17.6. The van der Waals surface area contributed by atoms with E-state index in [0.717, 1.165) is 5.56 Å². The number of benzene rings is 1. The molecule has 1 aromatic heterocycles. The third-order valence-corrected chi connectivity index (χ3v) is 2.49. The van der Waals surface area contributed by atoms with Crippen LogP contribution in [0.5, 0.6) is 0 Å². The highest BCUT2D eigenvalue weighted by Crippen LogP contribution is 2.12. The van der Waals surface area contributed by atoms with E-state index in [9.17, 15) is 5.11 Å². The van der Waals surface area contributed by atoms with Gasteiger partial charge in [-0.05, 0) is 5.56 Å². The first kappa shape index (κ1) is 11.8. The van der Waals surface area contributed by atoms with Crippen LogP contribution in [0.1, 0.15) is 17.4 Å². The van der Waals surface area contributed by atoms with E-state index < -0.39 is 6.10 Å². The highest BCUT2D eigenvalue weighted by molar-refractivity contribution is 5.15. The molecule has 0 aliphatic rings. The Morgan fingerprint density at radius 2 is 2.12 bits per heavy atom. The predicted octanol–water partition coefficient (Wildman–Crippen LogP) is 1.01. The smallest absolute Gasteiger partial charge is 0.120 e. The van der Waals surface area contributed by atoms with E-state index in [4.69, 9.17) is 4.74 Å². The van der Waals surface area contributed by atoms with Gasteiger partial charge in [-0.25, -0.2) is 4.68 Å². The minimum absolute atomic E-state index is 0.238. The van der Waals surface area contributed by atoms with Crippen molar-refractivity contribution in [2.75, 3.05) is 13.7 Å². The number of hydrogen-bond acceptors (Lipinski definition) is 4. The van der Waals surface area contributed by atoms with Crippen molar-refractivity contribution in [1.82, 2.24) is 15.0 Å². The van der Waals surface area contributed by atoms with Gasteiger partial charge >= 0.3 is 0 Å². The van der Waals surface area contributed by atoms with Crippen molar-refractivity contribution in [1.29, 1.82) is 0 Å². The van der Waals surface area contributed by atoms with Gasteiger partial charge in [0.05, 0.1) is 25.0 Å². The molecule has 90 valence electrons. The number of ether oxygens (including phenoxy) is 1. The fourth-order valence-electron chi connectivity index (χ4n) is 1.65. The first-order chi connectivity index (χ1) is 8.31. The van der Waals surface area contributed by atoms with Gasteiger partial charge in [0.2, 0.25) is 0 Å². The third-order valence-electron chi connectivity index (χ3n) is 2.49. The van der Waals surface area contributed by atoms with Gasteiger partial charge in [0.1, 0.15) is 6.10 Å². The Hall–Kier alpha value is -1.72. The number of hydrogen-bond donors (Lipinski definition) is 1. The van der Waals surface area contributed by atoms with E-state index >= 15 is 0 Å². The molecule has 17 heavy (non-hydrogen) atoms. The second-order valence-electron chi connectivity index (χ2n) is 3.77. The average molecular weight is 233 g/mol. The first-order valence-electron chi connectivity index (χ1n) is 5.40. The van der Waals surface area contributed by atoms with Gasteiger partial charge in [-0.1, -0.05) is 35.5 Å². The fourth-order valence-corrected chi connectivity index (χ4v) is 1.65. The van der Waals surface area contributed by atoms with Crippen LogP contribution >= 0.6 is 0 Å². The molecule has 0 saturated carbocycles. The molecule has 0 spiro atoms. The second kappa shape index (κ2) is 5.56. The molecule has 1 atom stereocenters. The Bertz CT molecular complexity index is 456. The van der Waals surface area contributed by atoms with E-state index in [0.29, 0.717) is 12.2 Å². The van der Waals surface area contributed by atoms with Crippen molar-refractivity contribution in [3.63, 3.8) is 0 Å². The van der Waals surface area contributed by atoms with Crippen LogP contribution in [0.15, 0.2) is 36.5 Å². The normalized spacial score (nSPS) is 12.6. The standard InChI is InChI=1S/C12H15N3O2/c1-17-9-12(16)11-7-13-14-15(11)8-10-5-3-2-4-6-10/h2-7,12,16H,8-9H2,1H3/t12-/m0/s1. The van der Waals surface area contributed by atoms with Gasteiger partial charge in [-0.15, -0.1) is 5.10 Å². The number of aromatic nitrogens is 3. The van der Waals surface area contributed by atoms with Crippen molar-refractivity contribution in [2.45, 2.75) is 12.6 Å². The molecule has 2 aromatic rings. The molecule has 2 rings (SSSR count). The largest absolute Gasteiger partial charge is 0.384 e. The monoisotopic (exact) mass is 233 g/mol. The molecule has 0 bridgehead atoms. The van der Waals surface area contributed by atoms with Gasteiger partial charge in [-0.3, -0.25) is 0 Å². The van der Waals surface area contributed by atoms with Gasteiger partial charge in [0.25, 0.3) is 0 Å². The van der Waals surface area contributed by atoms with Crippen LogP contribution in [0.3, 0.4) is 0 Å². The average Bonchev–Trinajstić information content (AvgIpc) is 2.79. The van der Waals surface area contributed by atoms with E-state index in [-0.39, 0.29) is 6.61 Å². The van der Waals surface area contributed by atoms with Crippen LogP contribution in [-0.4, -0.2) is 33.8 Å². The molecule has 0 unspecified atom stereocenters. The molecular weight excluding hydrogens is 218 g/mol. The van der Waals surface area contributed by atoms with Crippen LogP contribution in [0, 0.1) is 0 Å². The van der Waals surface area contributed by atoms with Gasteiger partial charge in [-0.2, -0.15) is 0 Å². The molecule has 0 saturated heterocycles. The molecule has 5 heteroatoms. The van der Waals surface area contributed by atoms with Crippen molar-refractivity contribution < 1.29 is 9.84 Å². The molecule has 1 N–H and O–H groups in total. The van der Waals surface area contributed by atoms with E-state index in [2.05, 4.69) is 10.3 Å². The van der Waals surface area contributed by atoms with Crippen molar-refractivity contribution in [2.24, 2.45) is 0 Å². The lowest BCUT2D eigenvalue weighted by molar-refractivity contribution is 0.0588. The maximum Gasteiger partial charge on any atom is 0.120 e. The minimum Gasteiger partial charge on any atom is -0.384 e. The highest BCUT2D eigenvalue weighted by Gasteiger charge is 2.13. The summed E-state index contributed by atoms with van der Waals surface area (Å²) in [5.74, 6) is 0. The lowest BCUT2D eigenvalue weighted by atomic mass is 10.2. The number of rotatable bonds is 5. The number of nitrogens with zero attached hydrogens (tertiary/aromatic N) is 3. The fraction of sp³-hybridized carbons (Fsp3) is 0.333. The molecule has 1 heterocycles. The van der Waals surface area contributed by atoms with E-state index in [1.54, 1.807) is 18.0 Å². The van der Waals surface area contributed by atoms with Crippen molar-refractivity contribution in [3.8, 4) is 0 Å². The minimum atomic E-state index is -0.696. The quantitative estimate of drug-likeness (QED) is 0.837. The summed E-state index contributed by atoms with van der Waals surface area (Å²) in [4.78, 5) is 0. The summed E-state index contributed by atoms with van der Waals surface area (Å²) >= 11 is 0. The van der Waals surface area contributed by atoms with Crippen LogP contribution in [-0.2, 0) is 11.3 Å². The zero-order valence-corrected chi connectivity index (χ0v) is 9.65. The molecular formula is C12H15N3O2. The van der Waals surface area contributed by atoms with E-state index in [1.807, 2.05) is 30.3 Å². The van der Waals surface area contributed by atoms with Gasteiger partial charge in [0, 0.05) is 7.11 Å². The Morgan fingerprint density at radius 1 is 1.35 bits per heavy atom. The SMILES string of the molecule is COC[C@H](O)c1cnnn1Cc1ccccc1. The van der Waals surface area contributed by atoms with Crippen LogP contribution in [0.2, 0.25) is 0 Å². The maximum absolute atomic E-state index is 9.84. The molecule has 0 radical (unpaired) electrons. The summed E-state index contributed by atoms with van der Waals surface area (Å²) < 4.78 is 6.59. The van der Waals surface area contributed by atoms with Crippen LogP contribution < -0.4 is 0 Å². The molecule has 0 aliphatic heterocycles. The summed E-state index contributed by atoms with van der Waals surface area (Å²) in [7, 11) is 1.55. The van der Waals surface area contributed by atoms with Crippen molar-refractivity contribution >= 4 is 0 Å². The molecule has 0 fully saturated rings. The molecule has 1 aromatic carbocycles. The second-order valence-corrected chi connectivity index (χ2v) is 3.77. The first-order valence-corrected chi connectivity index (χ1v) is 5.40. The topological polar surface area (TPSA) is 60.2 Å². The third kappa shape index (κ3) is 2.89. The lowest BCUT2D eigenvalue weighted by Gasteiger charge is -2.11. The Labute approximate surface area is 99.7 Å². The Balaban J connectivity index is 2.14. The maximum atomic E-state index is 9.84. The van der Waals surface area contributed by atoms with Gasteiger partial charge < -0.3 is 9.84 Å². The Kier molecular flexibility index (Phi) is 3.85. The van der Waals surface area contributed by atoms with Crippen molar-refractivity contribution in [3.05, 3.63) is 47.8 Å². The number of aliphatic hydroxyl groups excluding tert-OH is 1. The van der Waals surface area contributed by atoms with Crippen LogP contribution in [0.4, 0.5) is 0 Å². The number of aliphatic hydroxyl groups is 1. The van der Waals surface area contributed by atoms with E-state index in [1.165, 1.54) is 0 Å². The summed E-state index contributed by atoms with van der Waals surface area (Å²) in [5.41, 5.74) is 1.78. The van der Waals surface area contributed by atoms with Crippen LogP contribution in [0.25, 0.3) is 0 Å². The highest BCUT2D eigenvalue weighted by atomic mass is 16.5. The van der Waals surface area contributed by atoms with Gasteiger partial charge in [0.15, 0.2) is 0 Å². The Morgan fingerprint density at radius 3 is 2.82 bits per heavy atom. The lowest BCUT2D eigenvalue weighted by Crippen LogP contribution is -2.13. The molecule has 5 nitrogen and oxygen atoms in total.